The van der Waals surface area contributed by atoms with Crippen molar-refractivity contribution in [1.29, 1.82) is 0 Å². The maximum Gasteiger partial charge on any atom is 0.161 e. The van der Waals surface area contributed by atoms with Gasteiger partial charge in [-0.05, 0) is 49.7 Å². The Morgan fingerprint density at radius 1 is 1.06 bits per heavy atom. The van der Waals surface area contributed by atoms with E-state index in [4.69, 9.17) is 9.47 Å². The summed E-state index contributed by atoms with van der Waals surface area (Å²) >= 11 is 0. The zero-order valence-corrected chi connectivity index (χ0v) is 9.69. The summed E-state index contributed by atoms with van der Waals surface area (Å²) in [6.45, 7) is 0. The average Bonchev–Trinajstić information content (AvgIpc) is 2.92. The topological polar surface area (TPSA) is 18.5 Å². The van der Waals surface area contributed by atoms with Crippen LogP contribution in [0.4, 0.5) is 0 Å². The molecule has 0 saturated heterocycles. The number of para-hydroxylation sites is 2. The highest BCUT2D eigenvalue weighted by Gasteiger charge is 2.41. The molecule has 0 aliphatic heterocycles. The Kier molecular flexibility index (Phi) is 2.50. The van der Waals surface area contributed by atoms with E-state index < -0.39 is 0 Å². The summed E-state index contributed by atoms with van der Waals surface area (Å²) in [5.74, 6) is 3.47. The molecule has 0 aromatic heterocycles. The molecule has 2 fully saturated rings. The minimum Gasteiger partial charge on any atom is -0.493 e. The second kappa shape index (κ2) is 4.00. The van der Waals surface area contributed by atoms with Crippen LogP contribution in [0.2, 0.25) is 0 Å². The molecule has 3 atom stereocenters. The minimum atomic E-state index is 0.426. The van der Waals surface area contributed by atoms with Gasteiger partial charge in [-0.2, -0.15) is 0 Å². The molecular weight excluding hydrogens is 200 g/mol. The van der Waals surface area contributed by atoms with Crippen molar-refractivity contribution in [1.82, 2.24) is 0 Å². The van der Waals surface area contributed by atoms with Crippen LogP contribution in [0, 0.1) is 11.8 Å². The van der Waals surface area contributed by atoms with E-state index in [0.717, 1.165) is 23.3 Å². The second-order valence-electron chi connectivity index (χ2n) is 4.98. The number of benzene rings is 1. The highest BCUT2D eigenvalue weighted by molar-refractivity contribution is 5.39. The van der Waals surface area contributed by atoms with Crippen LogP contribution in [0.1, 0.15) is 25.7 Å². The Bertz CT molecular complexity index is 375. The molecule has 0 spiro atoms. The number of hydrogen-bond acceptors (Lipinski definition) is 2. The number of fused-ring (bicyclic) bond motifs is 2. The van der Waals surface area contributed by atoms with Crippen molar-refractivity contribution in [3.8, 4) is 11.5 Å². The number of methoxy groups -OCH3 is 1. The van der Waals surface area contributed by atoms with Gasteiger partial charge in [0.15, 0.2) is 11.5 Å². The van der Waals surface area contributed by atoms with E-state index >= 15 is 0 Å². The summed E-state index contributed by atoms with van der Waals surface area (Å²) in [4.78, 5) is 0. The van der Waals surface area contributed by atoms with Crippen LogP contribution in [-0.2, 0) is 0 Å². The molecule has 0 N–H and O–H groups in total. The molecule has 0 amide bonds. The molecule has 0 unspecified atom stereocenters. The first-order valence-electron chi connectivity index (χ1n) is 6.16. The third-order valence-electron chi connectivity index (χ3n) is 4.02. The monoisotopic (exact) mass is 218 g/mol. The fourth-order valence-corrected chi connectivity index (χ4v) is 3.21. The predicted octanol–water partition coefficient (Wildman–Crippen LogP) is 3.26. The van der Waals surface area contributed by atoms with Gasteiger partial charge in [0, 0.05) is 0 Å². The van der Waals surface area contributed by atoms with Gasteiger partial charge >= 0.3 is 0 Å². The molecular formula is C14H18O2. The molecule has 2 saturated carbocycles. The molecule has 16 heavy (non-hydrogen) atoms. The summed E-state index contributed by atoms with van der Waals surface area (Å²) in [5.41, 5.74) is 0. The third-order valence-corrected chi connectivity index (χ3v) is 4.02. The molecule has 2 aliphatic carbocycles. The first kappa shape index (κ1) is 10.0. The Hall–Kier alpha value is -1.18. The molecule has 1 aromatic carbocycles. The number of ether oxygens (including phenoxy) is 2. The summed E-state index contributed by atoms with van der Waals surface area (Å²) in [5, 5.41) is 0. The van der Waals surface area contributed by atoms with Crippen molar-refractivity contribution in [3.63, 3.8) is 0 Å². The average molecular weight is 218 g/mol. The molecule has 2 bridgehead atoms. The Morgan fingerprint density at radius 3 is 2.50 bits per heavy atom. The lowest BCUT2D eigenvalue weighted by molar-refractivity contribution is 0.133. The molecule has 2 aliphatic rings. The van der Waals surface area contributed by atoms with Gasteiger partial charge in [-0.1, -0.05) is 12.1 Å². The van der Waals surface area contributed by atoms with Crippen LogP contribution >= 0.6 is 0 Å². The van der Waals surface area contributed by atoms with Gasteiger partial charge in [-0.3, -0.25) is 0 Å². The Balaban J connectivity index is 1.74. The van der Waals surface area contributed by atoms with Crippen LogP contribution in [-0.4, -0.2) is 13.2 Å². The standard InChI is InChI=1S/C14H18O2/c1-15-12-4-2-3-5-13(12)16-14-9-10-6-7-11(14)8-10/h2-5,10-11,14H,6-9H2,1H3/t10-,11+,14+/m0/s1. The quantitative estimate of drug-likeness (QED) is 0.775. The van der Waals surface area contributed by atoms with E-state index in [9.17, 15) is 0 Å². The van der Waals surface area contributed by atoms with Crippen molar-refractivity contribution < 1.29 is 9.47 Å². The maximum atomic E-state index is 6.11. The van der Waals surface area contributed by atoms with E-state index in [1.165, 1.54) is 25.7 Å². The first-order chi connectivity index (χ1) is 7.86. The van der Waals surface area contributed by atoms with Gasteiger partial charge in [0.25, 0.3) is 0 Å². The lowest BCUT2D eigenvalue weighted by Gasteiger charge is -2.23. The Labute approximate surface area is 96.6 Å². The molecule has 3 rings (SSSR count). The second-order valence-corrected chi connectivity index (χ2v) is 4.98. The van der Waals surface area contributed by atoms with E-state index in [0.29, 0.717) is 6.10 Å². The highest BCUT2D eigenvalue weighted by atomic mass is 16.5. The van der Waals surface area contributed by atoms with Gasteiger partial charge in [0.05, 0.1) is 7.11 Å². The predicted molar refractivity (Wildman–Crippen MR) is 62.9 cm³/mol. The lowest BCUT2D eigenvalue weighted by Crippen LogP contribution is -2.23. The van der Waals surface area contributed by atoms with Gasteiger partial charge in [0.2, 0.25) is 0 Å². The molecule has 2 heteroatoms. The van der Waals surface area contributed by atoms with Crippen molar-refractivity contribution in [3.05, 3.63) is 24.3 Å². The highest BCUT2D eigenvalue weighted by Crippen LogP contribution is 2.46. The van der Waals surface area contributed by atoms with Crippen LogP contribution in [0.3, 0.4) is 0 Å². The first-order valence-corrected chi connectivity index (χ1v) is 6.16. The van der Waals surface area contributed by atoms with Crippen LogP contribution < -0.4 is 9.47 Å². The van der Waals surface area contributed by atoms with E-state index in [1.54, 1.807) is 7.11 Å². The van der Waals surface area contributed by atoms with Crippen molar-refractivity contribution in [2.24, 2.45) is 11.8 Å². The fraction of sp³-hybridized carbons (Fsp3) is 0.571. The van der Waals surface area contributed by atoms with Gasteiger partial charge < -0.3 is 9.47 Å². The lowest BCUT2D eigenvalue weighted by atomic mass is 9.98. The number of rotatable bonds is 3. The number of hydrogen-bond donors (Lipinski definition) is 0. The van der Waals surface area contributed by atoms with E-state index in [-0.39, 0.29) is 0 Å². The van der Waals surface area contributed by atoms with Crippen molar-refractivity contribution in [2.75, 3.05) is 7.11 Å². The zero-order chi connectivity index (χ0) is 11.0. The third kappa shape index (κ3) is 1.66. The van der Waals surface area contributed by atoms with Crippen LogP contribution in [0.5, 0.6) is 11.5 Å². The summed E-state index contributed by atoms with van der Waals surface area (Å²) in [7, 11) is 1.70. The maximum absolute atomic E-state index is 6.11. The van der Waals surface area contributed by atoms with Crippen molar-refractivity contribution in [2.45, 2.75) is 31.8 Å². The fourth-order valence-electron chi connectivity index (χ4n) is 3.21. The van der Waals surface area contributed by atoms with Gasteiger partial charge in [-0.25, -0.2) is 0 Å². The molecule has 0 radical (unpaired) electrons. The van der Waals surface area contributed by atoms with Gasteiger partial charge in [0.1, 0.15) is 6.10 Å². The SMILES string of the molecule is COc1ccccc1O[C@@H]1C[C@H]2CC[C@@H]1C2. The molecule has 86 valence electrons. The largest absolute Gasteiger partial charge is 0.493 e. The normalized spacial score (nSPS) is 31.7. The van der Waals surface area contributed by atoms with E-state index in [2.05, 4.69) is 0 Å². The summed E-state index contributed by atoms with van der Waals surface area (Å²) in [6.07, 6.45) is 5.80. The molecule has 2 nitrogen and oxygen atoms in total. The minimum absolute atomic E-state index is 0.426. The Morgan fingerprint density at radius 2 is 1.88 bits per heavy atom. The smallest absolute Gasteiger partial charge is 0.161 e. The van der Waals surface area contributed by atoms with Crippen LogP contribution in [0.25, 0.3) is 0 Å². The van der Waals surface area contributed by atoms with Crippen molar-refractivity contribution >= 4 is 0 Å². The summed E-state index contributed by atoms with van der Waals surface area (Å²) in [6, 6.07) is 7.95. The molecule has 0 heterocycles. The van der Waals surface area contributed by atoms with E-state index in [1.807, 2.05) is 24.3 Å². The van der Waals surface area contributed by atoms with Gasteiger partial charge in [-0.15, -0.1) is 0 Å². The molecule has 1 aromatic rings. The van der Waals surface area contributed by atoms with Crippen LogP contribution in [0.15, 0.2) is 24.3 Å². The summed E-state index contributed by atoms with van der Waals surface area (Å²) < 4.78 is 11.4. The zero-order valence-electron chi connectivity index (χ0n) is 9.69.